The second kappa shape index (κ2) is 7.75. The van der Waals surface area contributed by atoms with Gasteiger partial charge in [-0.3, -0.25) is 9.59 Å². The fourth-order valence-corrected chi connectivity index (χ4v) is 4.38. The molecule has 1 heterocycles. The second-order valence-electron chi connectivity index (χ2n) is 7.80. The zero-order chi connectivity index (χ0) is 20.4. The van der Waals surface area contributed by atoms with E-state index in [4.69, 9.17) is 0 Å². The van der Waals surface area contributed by atoms with Crippen LogP contribution < -0.4 is 10.9 Å². The number of carbonyl (C=O) groups is 1. The number of amides is 1. The van der Waals surface area contributed by atoms with Crippen LogP contribution in [-0.2, 0) is 22.7 Å². The Morgan fingerprint density at radius 2 is 1.96 bits per heavy atom. The lowest BCUT2D eigenvalue weighted by molar-refractivity contribution is 0.0956. The third-order valence-corrected chi connectivity index (χ3v) is 6.39. The third-order valence-electron chi connectivity index (χ3n) is 4.91. The number of rotatable bonds is 5. The van der Waals surface area contributed by atoms with E-state index in [-0.39, 0.29) is 22.4 Å². The molecule has 1 aliphatic carbocycles. The van der Waals surface area contributed by atoms with Gasteiger partial charge in [0.1, 0.15) is 5.56 Å². The van der Waals surface area contributed by atoms with Gasteiger partial charge in [-0.25, -0.2) is 8.42 Å². The van der Waals surface area contributed by atoms with Crippen LogP contribution in [-0.4, -0.2) is 25.9 Å². The van der Waals surface area contributed by atoms with Crippen molar-refractivity contribution in [3.05, 3.63) is 75.1 Å². The number of hydrogen-bond acceptors (Lipinski definition) is 4. The van der Waals surface area contributed by atoms with E-state index >= 15 is 0 Å². The zero-order valence-electron chi connectivity index (χ0n) is 16.0. The molecule has 6 nitrogen and oxygen atoms in total. The highest BCUT2D eigenvalue weighted by Gasteiger charge is 2.27. The Morgan fingerprint density at radius 1 is 1.25 bits per heavy atom. The summed E-state index contributed by atoms with van der Waals surface area (Å²) in [7, 11) is -3.56. The highest BCUT2D eigenvalue weighted by Crippen LogP contribution is 2.33. The van der Waals surface area contributed by atoms with E-state index in [1.807, 2.05) is 0 Å². The molecule has 0 aliphatic heterocycles. The summed E-state index contributed by atoms with van der Waals surface area (Å²) >= 11 is 0. The number of aromatic nitrogens is 1. The van der Waals surface area contributed by atoms with Crippen LogP contribution in [0.25, 0.3) is 0 Å². The summed E-state index contributed by atoms with van der Waals surface area (Å²) in [5.41, 5.74) is 1.65. The predicted octanol–water partition coefficient (Wildman–Crippen LogP) is 2.61. The van der Waals surface area contributed by atoms with E-state index in [1.165, 1.54) is 18.2 Å². The minimum absolute atomic E-state index is 0.00686. The Bertz CT molecular complexity index is 1070. The number of carbonyl (C=O) groups excluding carboxylic acids is 1. The first-order valence-electron chi connectivity index (χ1n) is 9.18. The van der Waals surface area contributed by atoms with Crippen LogP contribution in [0.2, 0.25) is 0 Å². The van der Waals surface area contributed by atoms with Crippen molar-refractivity contribution in [3.63, 3.8) is 0 Å². The van der Waals surface area contributed by atoms with E-state index < -0.39 is 21.3 Å². The standard InChI is InChI=1S/C21H24N2O4S/c1-21(2)10-9-18-15(14-21)13-17(20(25)23-18)19(24)22-11-6-12-28(26,27)16-7-4-3-5-8-16/h3-8,12-13H,9-11,14H2,1-2H3,(H,22,24)(H,23,25)/b12-6+. The lowest BCUT2D eigenvalue weighted by Gasteiger charge is -2.31. The first-order valence-corrected chi connectivity index (χ1v) is 10.7. The quantitative estimate of drug-likeness (QED) is 0.806. The van der Waals surface area contributed by atoms with Gasteiger partial charge in [-0.15, -0.1) is 0 Å². The molecular formula is C21H24N2O4S. The molecule has 0 unspecified atom stereocenters. The Balaban J connectivity index is 1.68. The highest BCUT2D eigenvalue weighted by molar-refractivity contribution is 7.94. The number of aryl methyl sites for hydroxylation is 1. The summed E-state index contributed by atoms with van der Waals surface area (Å²) in [5.74, 6) is -0.519. The number of aromatic amines is 1. The monoisotopic (exact) mass is 400 g/mol. The van der Waals surface area contributed by atoms with Crippen LogP contribution in [0.1, 0.15) is 41.9 Å². The molecule has 2 N–H and O–H groups in total. The van der Waals surface area contributed by atoms with Gasteiger partial charge in [-0.1, -0.05) is 38.1 Å². The number of fused-ring (bicyclic) bond motifs is 1. The molecule has 0 spiro atoms. The van der Waals surface area contributed by atoms with Crippen molar-refractivity contribution >= 4 is 15.7 Å². The van der Waals surface area contributed by atoms with Crippen molar-refractivity contribution < 1.29 is 13.2 Å². The number of nitrogens with one attached hydrogen (secondary N) is 2. The van der Waals surface area contributed by atoms with Gasteiger partial charge in [-0.2, -0.15) is 0 Å². The summed E-state index contributed by atoms with van der Waals surface area (Å²) in [6, 6.07) is 9.70. The number of pyridine rings is 1. The van der Waals surface area contributed by atoms with Gasteiger partial charge in [0.15, 0.2) is 9.84 Å². The highest BCUT2D eigenvalue weighted by atomic mass is 32.2. The topological polar surface area (TPSA) is 96.1 Å². The number of sulfone groups is 1. The SMILES string of the molecule is CC1(C)CCc2[nH]c(=O)c(C(=O)NC/C=C/S(=O)(=O)c3ccccc3)cc2C1. The molecular weight excluding hydrogens is 376 g/mol. The van der Waals surface area contributed by atoms with Crippen molar-refractivity contribution in [1.29, 1.82) is 0 Å². The van der Waals surface area contributed by atoms with E-state index in [2.05, 4.69) is 24.1 Å². The fraction of sp³-hybridized carbons (Fsp3) is 0.333. The minimum Gasteiger partial charge on any atom is -0.348 e. The number of H-pyrrole nitrogens is 1. The molecule has 0 saturated heterocycles. The molecule has 0 saturated carbocycles. The lowest BCUT2D eigenvalue weighted by Crippen LogP contribution is -2.32. The molecule has 3 rings (SSSR count). The summed E-state index contributed by atoms with van der Waals surface area (Å²) in [4.78, 5) is 27.6. The Labute approximate surface area is 164 Å². The van der Waals surface area contributed by atoms with Gasteiger partial charge in [0.05, 0.1) is 4.90 Å². The van der Waals surface area contributed by atoms with Crippen molar-refractivity contribution in [2.75, 3.05) is 6.54 Å². The predicted molar refractivity (Wildman–Crippen MR) is 108 cm³/mol. The number of hydrogen-bond donors (Lipinski definition) is 2. The number of benzene rings is 1. The maximum Gasteiger partial charge on any atom is 0.261 e. The van der Waals surface area contributed by atoms with Crippen LogP contribution in [0.15, 0.2) is 57.6 Å². The summed E-state index contributed by atoms with van der Waals surface area (Å²) < 4.78 is 24.3. The zero-order valence-corrected chi connectivity index (χ0v) is 16.8. The van der Waals surface area contributed by atoms with Gasteiger partial charge in [-0.05, 0) is 48.4 Å². The third kappa shape index (κ3) is 4.59. The first kappa shape index (κ1) is 20.1. The van der Waals surface area contributed by atoms with E-state index in [1.54, 1.807) is 24.3 Å². The van der Waals surface area contributed by atoms with Gasteiger partial charge in [0.25, 0.3) is 11.5 Å². The Morgan fingerprint density at radius 3 is 2.68 bits per heavy atom. The summed E-state index contributed by atoms with van der Waals surface area (Å²) in [6.45, 7) is 4.34. The molecule has 1 aromatic carbocycles. The first-order chi connectivity index (χ1) is 13.2. The van der Waals surface area contributed by atoms with E-state index in [0.29, 0.717) is 0 Å². The van der Waals surface area contributed by atoms with Crippen molar-refractivity contribution in [2.45, 2.75) is 38.0 Å². The van der Waals surface area contributed by atoms with Gasteiger partial charge >= 0.3 is 0 Å². The second-order valence-corrected chi connectivity index (χ2v) is 9.63. The molecule has 0 bridgehead atoms. The molecule has 1 aromatic heterocycles. The van der Waals surface area contributed by atoms with E-state index in [0.717, 1.165) is 35.9 Å². The average Bonchev–Trinajstić information content (AvgIpc) is 2.65. The maximum absolute atomic E-state index is 12.4. The van der Waals surface area contributed by atoms with Crippen LogP contribution in [0.4, 0.5) is 0 Å². The summed E-state index contributed by atoms with van der Waals surface area (Å²) in [5, 5.41) is 3.64. The normalized spacial score (nSPS) is 15.9. The molecule has 28 heavy (non-hydrogen) atoms. The smallest absolute Gasteiger partial charge is 0.261 e. The maximum atomic E-state index is 12.4. The van der Waals surface area contributed by atoms with Crippen LogP contribution in [0.3, 0.4) is 0 Å². The van der Waals surface area contributed by atoms with Crippen LogP contribution >= 0.6 is 0 Å². The average molecular weight is 401 g/mol. The Kier molecular flexibility index (Phi) is 5.56. The molecule has 1 amide bonds. The molecule has 0 radical (unpaired) electrons. The molecule has 148 valence electrons. The van der Waals surface area contributed by atoms with Crippen molar-refractivity contribution in [2.24, 2.45) is 5.41 Å². The van der Waals surface area contributed by atoms with E-state index in [9.17, 15) is 18.0 Å². The van der Waals surface area contributed by atoms with Gasteiger partial charge < -0.3 is 10.3 Å². The summed E-state index contributed by atoms with van der Waals surface area (Å²) in [6.07, 6.45) is 3.94. The minimum atomic E-state index is -3.56. The van der Waals surface area contributed by atoms with Gasteiger partial charge in [0, 0.05) is 17.6 Å². The van der Waals surface area contributed by atoms with Crippen molar-refractivity contribution in [3.8, 4) is 0 Å². The molecule has 0 atom stereocenters. The Hall–Kier alpha value is -2.67. The van der Waals surface area contributed by atoms with Crippen LogP contribution in [0.5, 0.6) is 0 Å². The molecule has 2 aromatic rings. The molecule has 7 heteroatoms. The fourth-order valence-electron chi connectivity index (χ4n) is 3.34. The molecule has 0 fully saturated rings. The van der Waals surface area contributed by atoms with Gasteiger partial charge in [0.2, 0.25) is 0 Å². The van der Waals surface area contributed by atoms with Crippen molar-refractivity contribution in [1.82, 2.24) is 10.3 Å². The lowest BCUT2D eigenvalue weighted by atomic mass is 9.76. The van der Waals surface area contributed by atoms with Crippen LogP contribution in [0, 0.1) is 5.41 Å². The largest absolute Gasteiger partial charge is 0.348 e. The molecule has 1 aliphatic rings.